The van der Waals surface area contributed by atoms with Gasteiger partial charge in [-0.15, -0.1) is 6.58 Å². The number of esters is 1. The van der Waals surface area contributed by atoms with Gasteiger partial charge in [0.05, 0.1) is 23.3 Å². The van der Waals surface area contributed by atoms with E-state index in [2.05, 4.69) is 16.6 Å². The Hall–Kier alpha value is -2.94. The number of ether oxygens (including phenoxy) is 2. The van der Waals surface area contributed by atoms with Gasteiger partial charge in [0.15, 0.2) is 0 Å². The molecule has 2 aliphatic rings. The molecule has 1 aliphatic carbocycles. The lowest BCUT2D eigenvalue weighted by Gasteiger charge is -2.35. The summed E-state index contributed by atoms with van der Waals surface area (Å²) in [6.45, 7) is 10.7. The van der Waals surface area contributed by atoms with Crippen molar-refractivity contribution in [2.75, 3.05) is 6.61 Å². The van der Waals surface area contributed by atoms with Gasteiger partial charge in [0.25, 0.3) is 5.97 Å². The molecule has 2 unspecified atom stereocenters. The molecule has 5 N–H and O–H groups in total. The van der Waals surface area contributed by atoms with E-state index < -0.39 is 11.4 Å². The minimum atomic E-state index is -0.833. The van der Waals surface area contributed by atoms with Gasteiger partial charge >= 0.3 is 5.97 Å². The number of H-pyrrole nitrogens is 1. The SMILES string of the molecule is C=CC.CC(=O)O.CC(C)(C(=O)OCC1CCC(c2ccc(C(N)=NC=N)[nH]2)O1)C1CCCCC1. The summed E-state index contributed by atoms with van der Waals surface area (Å²) in [7, 11) is 0. The summed E-state index contributed by atoms with van der Waals surface area (Å²) < 4.78 is 11.7. The summed E-state index contributed by atoms with van der Waals surface area (Å²) in [6, 6.07) is 3.76. The fraction of sp³-hybridized carbons (Fsp3) is 0.615. The molecule has 0 aromatic carbocycles. The fourth-order valence-electron chi connectivity index (χ4n) is 4.29. The highest BCUT2D eigenvalue weighted by molar-refractivity contribution is 5.99. The number of hydrogen-bond acceptors (Lipinski definition) is 5. The van der Waals surface area contributed by atoms with Gasteiger partial charge in [0.2, 0.25) is 0 Å². The van der Waals surface area contributed by atoms with Gasteiger partial charge in [-0.2, -0.15) is 0 Å². The largest absolute Gasteiger partial charge is 0.481 e. The predicted molar refractivity (Wildman–Crippen MR) is 138 cm³/mol. The second-order valence-electron chi connectivity index (χ2n) is 9.38. The zero-order valence-corrected chi connectivity index (χ0v) is 21.5. The van der Waals surface area contributed by atoms with Crippen LogP contribution in [0.15, 0.2) is 29.8 Å². The molecule has 0 bridgehead atoms. The number of aliphatic imine (C=N–C) groups is 1. The number of aromatic amines is 1. The number of aliphatic carboxylic acids is 1. The number of allylic oxidation sites excluding steroid dienone is 1. The summed E-state index contributed by atoms with van der Waals surface area (Å²) in [6.07, 6.45) is 10.1. The number of carboxylic acids is 1. The minimum absolute atomic E-state index is 0.0726. The Balaban J connectivity index is 0.000000778. The van der Waals surface area contributed by atoms with Gasteiger partial charge in [-0.3, -0.25) is 15.0 Å². The lowest BCUT2D eigenvalue weighted by Crippen LogP contribution is -2.37. The van der Waals surface area contributed by atoms with E-state index in [9.17, 15) is 4.79 Å². The van der Waals surface area contributed by atoms with Gasteiger partial charge in [-0.05, 0) is 64.5 Å². The molecule has 35 heavy (non-hydrogen) atoms. The number of nitrogens with zero attached hydrogens (tertiary/aromatic N) is 1. The lowest BCUT2D eigenvalue weighted by molar-refractivity contribution is -0.162. The minimum Gasteiger partial charge on any atom is -0.481 e. The Morgan fingerprint density at radius 1 is 1.29 bits per heavy atom. The van der Waals surface area contributed by atoms with E-state index in [-0.39, 0.29) is 24.0 Å². The van der Waals surface area contributed by atoms with Crippen LogP contribution in [-0.2, 0) is 19.1 Å². The molecule has 1 aromatic heterocycles. The fourth-order valence-corrected chi connectivity index (χ4v) is 4.29. The first kappa shape index (κ1) is 30.1. The lowest BCUT2D eigenvalue weighted by atomic mass is 9.71. The van der Waals surface area contributed by atoms with Gasteiger partial charge < -0.3 is 25.3 Å². The van der Waals surface area contributed by atoms with Gasteiger partial charge in [-0.25, -0.2) is 4.99 Å². The second-order valence-corrected chi connectivity index (χ2v) is 9.38. The number of rotatable bonds is 7. The molecule has 1 saturated heterocycles. The maximum atomic E-state index is 12.7. The summed E-state index contributed by atoms with van der Waals surface area (Å²) in [5.41, 5.74) is 6.96. The Morgan fingerprint density at radius 2 is 1.89 bits per heavy atom. The summed E-state index contributed by atoms with van der Waals surface area (Å²) in [5.74, 6) is -0.254. The molecular formula is C26H42N4O5. The van der Waals surface area contributed by atoms with Crippen LogP contribution in [0.1, 0.15) is 90.1 Å². The molecule has 9 nitrogen and oxygen atoms in total. The van der Waals surface area contributed by atoms with Crippen LogP contribution in [0.3, 0.4) is 0 Å². The summed E-state index contributed by atoms with van der Waals surface area (Å²) >= 11 is 0. The third-order valence-electron chi connectivity index (χ3n) is 6.19. The molecule has 3 rings (SSSR count). The van der Waals surface area contributed by atoms with Crippen LogP contribution in [-0.4, -0.2) is 46.9 Å². The summed E-state index contributed by atoms with van der Waals surface area (Å²) in [5, 5.41) is 14.4. The molecular weight excluding hydrogens is 448 g/mol. The van der Waals surface area contributed by atoms with E-state index in [1.54, 1.807) is 6.08 Å². The highest BCUT2D eigenvalue weighted by Gasteiger charge is 2.39. The van der Waals surface area contributed by atoms with Crippen LogP contribution in [0.5, 0.6) is 0 Å². The molecule has 1 aliphatic heterocycles. The first-order valence-electron chi connectivity index (χ1n) is 12.2. The number of carbonyl (C=O) groups excluding carboxylic acids is 1. The third-order valence-corrected chi connectivity index (χ3v) is 6.19. The molecule has 1 saturated carbocycles. The molecule has 9 heteroatoms. The highest BCUT2D eigenvalue weighted by Crippen LogP contribution is 2.39. The predicted octanol–water partition coefficient (Wildman–Crippen LogP) is 4.98. The Morgan fingerprint density at radius 3 is 2.46 bits per heavy atom. The van der Waals surface area contributed by atoms with E-state index in [0.717, 1.165) is 44.6 Å². The van der Waals surface area contributed by atoms with Crippen molar-refractivity contribution in [3.05, 3.63) is 36.2 Å². The molecule has 0 radical (unpaired) electrons. The van der Waals surface area contributed by atoms with Crippen LogP contribution >= 0.6 is 0 Å². The maximum Gasteiger partial charge on any atom is 0.311 e. The number of carbonyl (C=O) groups is 2. The quantitative estimate of drug-likeness (QED) is 0.183. The van der Waals surface area contributed by atoms with Crippen LogP contribution in [0.25, 0.3) is 0 Å². The van der Waals surface area contributed by atoms with E-state index in [0.29, 0.717) is 18.2 Å². The van der Waals surface area contributed by atoms with Gasteiger partial charge in [0, 0.05) is 12.6 Å². The van der Waals surface area contributed by atoms with Crippen molar-refractivity contribution < 1.29 is 24.2 Å². The number of nitrogens with one attached hydrogen (secondary N) is 2. The number of aromatic nitrogens is 1. The van der Waals surface area contributed by atoms with E-state index >= 15 is 0 Å². The Bertz CT molecular complexity index is 852. The number of amidine groups is 1. The van der Waals surface area contributed by atoms with E-state index in [1.165, 1.54) is 19.3 Å². The highest BCUT2D eigenvalue weighted by atomic mass is 16.6. The topological polar surface area (TPSA) is 151 Å². The van der Waals surface area contributed by atoms with Gasteiger partial charge in [-0.1, -0.05) is 25.3 Å². The molecule has 0 spiro atoms. The van der Waals surface area contributed by atoms with E-state index in [4.69, 9.17) is 30.5 Å². The molecule has 2 fully saturated rings. The number of nitrogens with two attached hydrogens (primary N) is 1. The van der Waals surface area contributed by atoms with Crippen molar-refractivity contribution in [2.45, 2.75) is 84.8 Å². The zero-order chi connectivity index (χ0) is 26.4. The van der Waals surface area contributed by atoms with Gasteiger partial charge in [0.1, 0.15) is 18.8 Å². The van der Waals surface area contributed by atoms with Crippen LogP contribution < -0.4 is 5.73 Å². The normalized spacial score (nSPS) is 20.5. The smallest absolute Gasteiger partial charge is 0.311 e. The average Bonchev–Trinajstić information content (AvgIpc) is 3.48. The molecule has 1 aromatic rings. The Kier molecular flexibility index (Phi) is 13.0. The van der Waals surface area contributed by atoms with Crippen molar-refractivity contribution in [1.82, 2.24) is 4.98 Å². The van der Waals surface area contributed by atoms with Crippen LogP contribution in [0.4, 0.5) is 0 Å². The number of carboxylic acid groups (broad SMARTS) is 1. The van der Waals surface area contributed by atoms with Crippen molar-refractivity contribution in [3.63, 3.8) is 0 Å². The number of hydrogen-bond donors (Lipinski definition) is 4. The monoisotopic (exact) mass is 490 g/mol. The van der Waals surface area contributed by atoms with Crippen LogP contribution in [0, 0.1) is 16.7 Å². The maximum absolute atomic E-state index is 12.7. The zero-order valence-electron chi connectivity index (χ0n) is 21.5. The Labute approximate surface area is 208 Å². The van der Waals surface area contributed by atoms with Crippen molar-refractivity contribution in [3.8, 4) is 0 Å². The second kappa shape index (κ2) is 15.1. The van der Waals surface area contributed by atoms with Crippen molar-refractivity contribution in [2.24, 2.45) is 22.1 Å². The van der Waals surface area contributed by atoms with Crippen LogP contribution in [0.2, 0.25) is 0 Å². The first-order valence-corrected chi connectivity index (χ1v) is 12.2. The molecule has 0 amide bonds. The standard InChI is InChI=1S/C21H32N4O3.C3H6.C2H4O2/c1-21(2,14-6-4-3-5-7-14)20(26)27-12-15-8-11-18(28-15)16-9-10-17(25-16)19(23)24-13-22;1-3-2;1-2(3)4/h9-10,13-15,18,25H,3-8,11-12H2,1-2H3,(H3,22,23,24);3H,1H2,2H3;1H3,(H,3,4). The molecule has 2 atom stereocenters. The summed E-state index contributed by atoms with van der Waals surface area (Å²) in [4.78, 5) is 28.6. The van der Waals surface area contributed by atoms with Crippen molar-refractivity contribution >= 4 is 24.1 Å². The average molecular weight is 491 g/mol. The third kappa shape index (κ3) is 10.1. The van der Waals surface area contributed by atoms with E-state index in [1.807, 2.05) is 32.9 Å². The molecule has 196 valence electrons. The van der Waals surface area contributed by atoms with Crippen molar-refractivity contribution in [1.29, 1.82) is 5.41 Å². The first-order chi connectivity index (χ1) is 16.6. The molecule has 2 heterocycles.